The fourth-order valence-corrected chi connectivity index (χ4v) is 2.63. The summed E-state index contributed by atoms with van der Waals surface area (Å²) in [6.45, 7) is 9.86. The van der Waals surface area contributed by atoms with Gasteiger partial charge in [0, 0.05) is 12.6 Å². The Morgan fingerprint density at radius 3 is 2.55 bits per heavy atom. The van der Waals surface area contributed by atoms with Crippen LogP contribution in [0.2, 0.25) is 5.02 Å². The summed E-state index contributed by atoms with van der Waals surface area (Å²) in [7, 11) is 0. The smallest absolute Gasteiger partial charge is 0.141 e. The number of nitrogens with one attached hydrogen (secondary N) is 1. The zero-order valence-electron chi connectivity index (χ0n) is 12.8. The number of likely N-dealkylation sites (N-methyl/N-ethyl adjacent to an activating group) is 1. The molecule has 1 rings (SSSR count). The third kappa shape index (κ3) is 4.44. The third-order valence-electron chi connectivity index (χ3n) is 3.79. The molecule has 0 saturated carbocycles. The molecule has 1 aromatic carbocycles. The normalized spacial score (nSPS) is 15.9. The summed E-state index contributed by atoms with van der Waals surface area (Å²) < 4.78 is 19.2. The second kappa shape index (κ2) is 7.96. The fraction of sp³-hybridized carbons (Fsp3) is 0.625. The highest BCUT2D eigenvalue weighted by Gasteiger charge is 2.32. The SMILES string of the molecule is CCNC(Cc1ccc(F)c(Cl)c1)C(C)(CC)OCC. The van der Waals surface area contributed by atoms with E-state index in [-0.39, 0.29) is 22.5 Å². The Hall–Kier alpha value is -0.640. The molecule has 1 N–H and O–H groups in total. The number of hydrogen-bond donors (Lipinski definition) is 1. The Morgan fingerprint density at radius 1 is 1.35 bits per heavy atom. The zero-order chi connectivity index (χ0) is 15.2. The van der Waals surface area contributed by atoms with Gasteiger partial charge in [0.15, 0.2) is 0 Å². The summed E-state index contributed by atoms with van der Waals surface area (Å²) in [5.74, 6) is -0.376. The van der Waals surface area contributed by atoms with Crippen molar-refractivity contribution in [2.75, 3.05) is 13.2 Å². The number of benzene rings is 1. The van der Waals surface area contributed by atoms with Gasteiger partial charge in [-0.2, -0.15) is 0 Å². The lowest BCUT2D eigenvalue weighted by atomic mass is 9.88. The Labute approximate surface area is 126 Å². The summed E-state index contributed by atoms with van der Waals surface area (Å²) >= 11 is 5.86. The second-order valence-corrected chi connectivity index (χ2v) is 5.57. The standard InChI is InChI=1S/C16H25ClFNO/c1-5-16(4,20-7-3)15(19-6-2)11-12-8-9-14(18)13(17)10-12/h8-10,15,19H,5-7,11H2,1-4H3. The minimum atomic E-state index is -0.376. The lowest BCUT2D eigenvalue weighted by molar-refractivity contribution is -0.0546. The van der Waals surface area contributed by atoms with Crippen LogP contribution in [-0.4, -0.2) is 24.8 Å². The van der Waals surface area contributed by atoms with Crippen molar-refractivity contribution >= 4 is 11.6 Å². The highest BCUT2D eigenvalue weighted by atomic mass is 35.5. The molecule has 0 aliphatic carbocycles. The van der Waals surface area contributed by atoms with Gasteiger partial charge >= 0.3 is 0 Å². The minimum absolute atomic E-state index is 0.166. The van der Waals surface area contributed by atoms with Crippen LogP contribution in [0, 0.1) is 5.82 Å². The van der Waals surface area contributed by atoms with Gasteiger partial charge in [0.2, 0.25) is 0 Å². The molecule has 0 fully saturated rings. The lowest BCUT2D eigenvalue weighted by Crippen LogP contribution is -2.51. The number of hydrogen-bond acceptors (Lipinski definition) is 2. The first-order chi connectivity index (χ1) is 9.46. The van der Waals surface area contributed by atoms with E-state index in [4.69, 9.17) is 16.3 Å². The monoisotopic (exact) mass is 301 g/mol. The average molecular weight is 302 g/mol. The van der Waals surface area contributed by atoms with Crippen molar-refractivity contribution in [1.82, 2.24) is 5.32 Å². The van der Waals surface area contributed by atoms with Gasteiger partial charge in [0.25, 0.3) is 0 Å². The average Bonchev–Trinajstić information content (AvgIpc) is 2.42. The summed E-state index contributed by atoms with van der Waals surface area (Å²) in [6, 6.07) is 5.07. The first-order valence-corrected chi connectivity index (χ1v) is 7.65. The van der Waals surface area contributed by atoms with Crippen LogP contribution in [0.5, 0.6) is 0 Å². The van der Waals surface area contributed by atoms with E-state index in [9.17, 15) is 4.39 Å². The highest BCUT2D eigenvalue weighted by Crippen LogP contribution is 2.25. The lowest BCUT2D eigenvalue weighted by Gasteiger charge is -2.37. The summed E-state index contributed by atoms with van der Waals surface area (Å²) in [6.07, 6.45) is 1.67. The van der Waals surface area contributed by atoms with Crippen LogP contribution < -0.4 is 5.32 Å². The molecule has 0 saturated heterocycles. The molecule has 2 atom stereocenters. The van der Waals surface area contributed by atoms with Gasteiger partial charge in [-0.3, -0.25) is 0 Å². The first-order valence-electron chi connectivity index (χ1n) is 7.28. The van der Waals surface area contributed by atoms with Crippen LogP contribution in [-0.2, 0) is 11.2 Å². The van der Waals surface area contributed by atoms with E-state index in [1.54, 1.807) is 12.1 Å². The molecule has 0 aromatic heterocycles. The van der Waals surface area contributed by atoms with Crippen molar-refractivity contribution in [1.29, 1.82) is 0 Å². The van der Waals surface area contributed by atoms with Crippen LogP contribution in [0.4, 0.5) is 4.39 Å². The highest BCUT2D eigenvalue weighted by molar-refractivity contribution is 6.30. The van der Waals surface area contributed by atoms with Crippen molar-refractivity contribution < 1.29 is 9.13 Å². The second-order valence-electron chi connectivity index (χ2n) is 5.16. The molecule has 0 amide bonds. The Morgan fingerprint density at radius 2 is 2.05 bits per heavy atom. The fourth-order valence-electron chi connectivity index (χ4n) is 2.43. The van der Waals surface area contributed by atoms with E-state index >= 15 is 0 Å². The molecule has 20 heavy (non-hydrogen) atoms. The predicted molar refractivity (Wildman–Crippen MR) is 82.9 cm³/mol. The van der Waals surface area contributed by atoms with Gasteiger partial charge in [0.05, 0.1) is 10.6 Å². The Bertz CT molecular complexity index is 427. The van der Waals surface area contributed by atoms with E-state index < -0.39 is 0 Å². The van der Waals surface area contributed by atoms with Crippen LogP contribution >= 0.6 is 11.6 Å². The topological polar surface area (TPSA) is 21.3 Å². The van der Waals surface area contributed by atoms with Crippen LogP contribution in [0.15, 0.2) is 18.2 Å². The van der Waals surface area contributed by atoms with Crippen LogP contribution in [0.25, 0.3) is 0 Å². The van der Waals surface area contributed by atoms with Crippen molar-refractivity contribution in [3.63, 3.8) is 0 Å². The molecule has 2 nitrogen and oxygen atoms in total. The van der Waals surface area contributed by atoms with Gasteiger partial charge in [-0.15, -0.1) is 0 Å². The van der Waals surface area contributed by atoms with E-state index in [1.807, 2.05) is 6.92 Å². The summed E-state index contributed by atoms with van der Waals surface area (Å²) in [5.41, 5.74) is 0.771. The Kier molecular flexibility index (Phi) is 6.93. The predicted octanol–water partition coefficient (Wildman–Crippen LogP) is 4.20. The summed E-state index contributed by atoms with van der Waals surface area (Å²) in [4.78, 5) is 0. The largest absolute Gasteiger partial charge is 0.374 e. The van der Waals surface area contributed by atoms with Gasteiger partial charge < -0.3 is 10.1 Å². The third-order valence-corrected chi connectivity index (χ3v) is 4.08. The molecule has 0 bridgehead atoms. The first kappa shape index (κ1) is 17.4. The van der Waals surface area contributed by atoms with Crippen molar-refractivity contribution in [3.05, 3.63) is 34.6 Å². The van der Waals surface area contributed by atoms with E-state index in [0.29, 0.717) is 6.61 Å². The quantitative estimate of drug-likeness (QED) is 0.777. The van der Waals surface area contributed by atoms with Gasteiger partial charge in [-0.05, 0) is 50.9 Å². The maximum atomic E-state index is 13.2. The number of ether oxygens (including phenoxy) is 1. The van der Waals surface area contributed by atoms with E-state index in [1.165, 1.54) is 6.07 Å². The Balaban J connectivity index is 2.92. The molecule has 0 heterocycles. The molecule has 114 valence electrons. The van der Waals surface area contributed by atoms with Gasteiger partial charge in [-0.25, -0.2) is 4.39 Å². The molecular weight excluding hydrogens is 277 g/mol. The van der Waals surface area contributed by atoms with Crippen molar-refractivity contribution in [2.45, 2.75) is 52.2 Å². The molecule has 4 heteroatoms. The molecule has 0 aliphatic rings. The molecule has 0 radical (unpaired) electrons. The maximum Gasteiger partial charge on any atom is 0.141 e. The molecular formula is C16H25ClFNO. The van der Waals surface area contributed by atoms with Gasteiger partial charge in [-0.1, -0.05) is 31.5 Å². The minimum Gasteiger partial charge on any atom is -0.374 e. The zero-order valence-corrected chi connectivity index (χ0v) is 13.6. The van der Waals surface area contributed by atoms with Crippen LogP contribution in [0.1, 0.15) is 39.7 Å². The molecule has 2 unspecified atom stereocenters. The van der Waals surface area contributed by atoms with Crippen LogP contribution in [0.3, 0.4) is 0 Å². The molecule has 0 aliphatic heterocycles. The number of rotatable bonds is 8. The van der Waals surface area contributed by atoms with Gasteiger partial charge in [0.1, 0.15) is 5.82 Å². The molecule has 1 aromatic rings. The molecule has 0 spiro atoms. The number of halogens is 2. The van der Waals surface area contributed by atoms with E-state index in [0.717, 1.165) is 24.9 Å². The van der Waals surface area contributed by atoms with E-state index in [2.05, 4.69) is 26.1 Å². The maximum absolute atomic E-state index is 13.2. The summed E-state index contributed by atoms with van der Waals surface area (Å²) in [5, 5.41) is 3.65. The van der Waals surface area contributed by atoms with Crippen molar-refractivity contribution in [2.24, 2.45) is 0 Å². The van der Waals surface area contributed by atoms with Crippen molar-refractivity contribution in [3.8, 4) is 0 Å².